The van der Waals surface area contributed by atoms with Gasteiger partial charge in [0.15, 0.2) is 0 Å². The molecule has 2 aromatic carbocycles. The molecule has 0 saturated carbocycles. The minimum absolute atomic E-state index is 0.217. The second-order valence-corrected chi connectivity index (χ2v) is 5.16. The zero-order valence-corrected chi connectivity index (χ0v) is 11.6. The maximum Gasteiger partial charge on any atom is 0.131 e. The highest BCUT2D eigenvalue weighted by Crippen LogP contribution is 2.28. The molecule has 0 aliphatic heterocycles. The molecule has 2 N–H and O–H groups in total. The molecule has 1 nitrogen and oxygen atoms in total. The third-order valence-electron chi connectivity index (χ3n) is 3.31. The Morgan fingerprint density at radius 3 is 2.47 bits per heavy atom. The SMILES string of the molecule is CC(CCN)c1ccc(F)c(-c2ccc(Cl)cc2)c1. The molecular weight excluding hydrogens is 261 g/mol. The molecule has 0 bridgehead atoms. The Balaban J connectivity index is 2.39. The molecule has 19 heavy (non-hydrogen) atoms. The Hall–Kier alpha value is -1.38. The van der Waals surface area contributed by atoms with E-state index in [1.165, 1.54) is 6.07 Å². The highest BCUT2D eigenvalue weighted by molar-refractivity contribution is 6.30. The van der Waals surface area contributed by atoms with Gasteiger partial charge in [-0.25, -0.2) is 4.39 Å². The molecule has 0 aliphatic carbocycles. The fourth-order valence-corrected chi connectivity index (χ4v) is 2.24. The molecule has 0 fully saturated rings. The van der Waals surface area contributed by atoms with E-state index in [4.69, 9.17) is 17.3 Å². The summed E-state index contributed by atoms with van der Waals surface area (Å²) < 4.78 is 13.9. The number of hydrogen-bond donors (Lipinski definition) is 1. The lowest BCUT2D eigenvalue weighted by Crippen LogP contribution is -2.04. The van der Waals surface area contributed by atoms with Gasteiger partial charge >= 0.3 is 0 Å². The minimum Gasteiger partial charge on any atom is -0.330 e. The summed E-state index contributed by atoms with van der Waals surface area (Å²) >= 11 is 5.85. The van der Waals surface area contributed by atoms with E-state index in [2.05, 4.69) is 6.92 Å². The van der Waals surface area contributed by atoms with Gasteiger partial charge in [-0.05, 0) is 54.3 Å². The van der Waals surface area contributed by atoms with Gasteiger partial charge in [-0.2, -0.15) is 0 Å². The Kier molecular flexibility index (Phi) is 4.56. The molecule has 2 rings (SSSR count). The first-order valence-corrected chi connectivity index (χ1v) is 6.75. The van der Waals surface area contributed by atoms with Crippen LogP contribution in [0.15, 0.2) is 42.5 Å². The minimum atomic E-state index is -0.217. The molecule has 3 heteroatoms. The average Bonchev–Trinajstić information content (AvgIpc) is 2.41. The predicted octanol–water partition coefficient (Wildman–Crippen LogP) is 4.60. The molecule has 0 heterocycles. The molecule has 0 amide bonds. The molecule has 100 valence electrons. The van der Waals surface area contributed by atoms with Gasteiger partial charge in [-0.15, -0.1) is 0 Å². The smallest absolute Gasteiger partial charge is 0.131 e. The second-order valence-electron chi connectivity index (χ2n) is 4.72. The van der Waals surface area contributed by atoms with Crippen LogP contribution >= 0.6 is 11.6 Å². The quantitative estimate of drug-likeness (QED) is 0.868. The summed E-state index contributed by atoms with van der Waals surface area (Å²) in [4.78, 5) is 0. The number of rotatable bonds is 4. The number of halogens is 2. The van der Waals surface area contributed by atoms with Gasteiger partial charge in [-0.3, -0.25) is 0 Å². The summed E-state index contributed by atoms with van der Waals surface area (Å²) in [5.41, 5.74) is 8.13. The lowest BCUT2D eigenvalue weighted by Gasteiger charge is -2.13. The third-order valence-corrected chi connectivity index (χ3v) is 3.57. The van der Waals surface area contributed by atoms with Crippen LogP contribution in [0.1, 0.15) is 24.8 Å². The molecule has 2 aromatic rings. The van der Waals surface area contributed by atoms with Gasteiger partial charge in [-0.1, -0.05) is 36.7 Å². The molecule has 0 saturated heterocycles. The first-order valence-electron chi connectivity index (χ1n) is 6.37. The van der Waals surface area contributed by atoms with Crippen LogP contribution in [0.3, 0.4) is 0 Å². The van der Waals surface area contributed by atoms with E-state index >= 15 is 0 Å². The predicted molar refractivity (Wildman–Crippen MR) is 78.9 cm³/mol. The summed E-state index contributed by atoms with van der Waals surface area (Å²) in [6.45, 7) is 2.74. The topological polar surface area (TPSA) is 26.0 Å². The Labute approximate surface area is 118 Å². The molecule has 0 spiro atoms. The van der Waals surface area contributed by atoms with Crippen LogP contribution in [0.25, 0.3) is 11.1 Å². The first-order chi connectivity index (χ1) is 9.11. The molecule has 1 unspecified atom stereocenters. The van der Waals surface area contributed by atoms with Crippen molar-refractivity contribution in [3.05, 3.63) is 58.9 Å². The van der Waals surface area contributed by atoms with Gasteiger partial charge in [0.05, 0.1) is 0 Å². The van der Waals surface area contributed by atoms with Crippen molar-refractivity contribution in [2.24, 2.45) is 5.73 Å². The van der Waals surface area contributed by atoms with Crippen LogP contribution in [0, 0.1) is 5.82 Å². The largest absolute Gasteiger partial charge is 0.330 e. The van der Waals surface area contributed by atoms with Gasteiger partial charge < -0.3 is 5.73 Å². The fraction of sp³-hybridized carbons (Fsp3) is 0.250. The zero-order valence-electron chi connectivity index (χ0n) is 10.9. The van der Waals surface area contributed by atoms with Gasteiger partial charge in [0.2, 0.25) is 0 Å². The highest BCUT2D eigenvalue weighted by atomic mass is 35.5. The zero-order chi connectivity index (χ0) is 13.8. The maximum atomic E-state index is 13.9. The third kappa shape index (κ3) is 3.34. The van der Waals surface area contributed by atoms with Crippen molar-refractivity contribution >= 4 is 11.6 Å². The fourth-order valence-electron chi connectivity index (χ4n) is 2.12. The Morgan fingerprint density at radius 2 is 1.84 bits per heavy atom. The summed E-state index contributed by atoms with van der Waals surface area (Å²) in [6, 6.07) is 12.5. The van der Waals surface area contributed by atoms with Crippen molar-refractivity contribution in [3.63, 3.8) is 0 Å². The van der Waals surface area contributed by atoms with Crippen LogP contribution in [0.4, 0.5) is 4.39 Å². The van der Waals surface area contributed by atoms with Crippen LogP contribution in [-0.2, 0) is 0 Å². The number of benzene rings is 2. The summed E-state index contributed by atoms with van der Waals surface area (Å²) in [5, 5.41) is 0.650. The molecule has 0 radical (unpaired) electrons. The van der Waals surface area contributed by atoms with Gasteiger partial charge in [0, 0.05) is 10.6 Å². The highest BCUT2D eigenvalue weighted by Gasteiger charge is 2.10. The lowest BCUT2D eigenvalue weighted by molar-refractivity contribution is 0.627. The van der Waals surface area contributed by atoms with E-state index < -0.39 is 0 Å². The van der Waals surface area contributed by atoms with E-state index in [0.717, 1.165) is 17.5 Å². The Bertz CT molecular complexity index is 551. The van der Waals surface area contributed by atoms with Gasteiger partial charge in [0.25, 0.3) is 0 Å². The summed E-state index contributed by atoms with van der Waals surface area (Å²) in [7, 11) is 0. The maximum absolute atomic E-state index is 13.9. The van der Waals surface area contributed by atoms with Crippen LogP contribution in [0.2, 0.25) is 5.02 Å². The van der Waals surface area contributed by atoms with Crippen molar-refractivity contribution in [3.8, 4) is 11.1 Å². The number of nitrogens with two attached hydrogens (primary N) is 1. The molecular formula is C16H17ClFN. The number of hydrogen-bond acceptors (Lipinski definition) is 1. The van der Waals surface area contributed by atoms with E-state index in [1.54, 1.807) is 12.1 Å². The summed E-state index contributed by atoms with van der Waals surface area (Å²) in [6.07, 6.45) is 0.895. The molecule has 0 aromatic heterocycles. The van der Waals surface area contributed by atoms with E-state index in [-0.39, 0.29) is 5.82 Å². The van der Waals surface area contributed by atoms with Crippen molar-refractivity contribution in [2.75, 3.05) is 6.54 Å². The van der Waals surface area contributed by atoms with E-state index in [1.807, 2.05) is 24.3 Å². The van der Waals surface area contributed by atoms with E-state index in [9.17, 15) is 4.39 Å². The van der Waals surface area contributed by atoms with Gasteiger partial charge in [0.1, 0.15) is 5.82 Å². The van der Waals surface area contributed by atoms with Crippen LogP contribution in [-0.4, -0.2) is 6.54 Å². The van der Waals surface area contributed by atoms with Crippen molar-refractivity contribution in [1.29, 1.82) is 0 Å². The summed E-state index contributed by atoms with van der Waals surface area (Å²) in [5.74, 6) is 0.114. The molecule has 1 atom stereocenters. The van der Waals surface area contributed by atoms with Crippen molar-refractivity contribution in [1.82, 2.24) is 0 Å². The lowest BCUT2D eigenvalue weighted by atomic mass is 9.94. The second kappa shape index (κ2) is 6.18. The van der Waals surface area contributed by atoms with Crippen LogP contribution in [0.5, 0.6) is 0 Å². The Morgan fingerprint density at radius 1 is 1.16 bits per heavy atom. The standard InChI is InChI=1S/C16H17ClFN/c1-11(8-9-19)13-4-7-16(18)15(10-13)12-2-5-14(17)6-3-12/h2-7,10-11H,8-9,19H2,1H3. The average molecular weight is 278 g/mol. The normalized spacial score (nSPS) is 12.4. The van der Waals surface area contributed by atoms with Crippen molar-refractivity contribution in [2.45, 2.75) is 19.3 Å². The van der Waals surface area contributed by atoms with E-state index in [0.29, 0.717) is 23.0 Å². The van der Waals surface area contributed by atoms with Crippen LogP contribution < -0.4 is 5.73 Å². The monoisotopic (exact) mass is 277 g/mol. The first kappa shape index (κ1) is 14.0. The van der Waals surface area contributed by atoms with Crippen molar-refractivity contribution < 1.29 is 4.39 Å². The molecule has 0 aliphatic rings.